The van der Waals surface area contributed by atoms with Crippen molar-refractivity contribution >= 4 is 23.6 Å². The Morgan fingerprint density at radius 1 is 1.12 bits per heavy atom. The Bertz CT molecular complexity index is 758. The predicted octanol–water partition coefficient (Wildman–Crippen LogP) is 3.46. The van der Waals surface area contributed by atoms with Crippen LogP contribution in [0.4, 0.5) is 0 Å². The zero-order valence-corrected chi connectivity index (χ0v) is 14.7. The van der Waals surface area contributed by atoms with Crippen LogP contribution in [0.3, 0.4) is 0 Å². The van der Waals surface area contributed by atoms with Gasteiger partial charge in [-0.15, -0.1) is 0 Å². The van der Waals surface area contributed by atoms with Gasteiger partial charge in [0.05, 0.1) is 5.56 Å². The number of aryl methyl sites for hydroxylation is 2. The van der Waals surface area contributed by atoms with Gasteiger partial charge in [0.2, 0.25) is 5.91 Å². The van der Waals surface area contributed by atoms with Crippen molar-refractivity contribution in [1.29, 1.82) is 0 Å². The van der Waals surface area contributed by atoms with Crippen molar-refractivity contribution in [2.45, 2.75) is 24.5 Å². The van der Waals surface area contributed by atoms with Gasteiger partial charge in [0.25, 0.3) is 0 Å². The molecule has 2 N–H and O–H groups in total. The fraction of sp³-hybridized carbons (Fsp3) is 0.300. The highest BCUT2D eigenvalue weighted by Crippen LogP contribution is 2.35. The minimum Gasteiger partial charge on any atom is -0.478 e. The van der Waals surface area contributed by atoms with Crippen LogP contribution in [0.1, 0.15) is 38.7 Å². The summed E-state index contributed by atoms with van der Waals surface area (Å²) < 4.78 is 0. The number of rotatable bonds is 6. The Morgan fingerprint density at radius 3 is 2.64 bits per heavy atom. The molecule has 1 amide bonds. The summed E-state index contributed by atoms with van der Waals surface area (Å²) in [6.07, 6.45) is 2.11. The molecule has 2 aromatic rings. The summed E-state index contributed by atoms with van der Waals surface area (Å²) in [5.74, 6) is 0.188. The van der Waals surface area contributed by atoms with Gasteiger partial charge in [0.1, 0.15) is 0 Å². The van der Waals surface area contributed by atoms with Crippen LogP contribution >= 0.6 is 11.8 Å². The second-order valence-electron chi connectivity index (χ2n) is 6.11. The zero-order chi connectivity index (χ0) is 17.6. The third kappa shape index (κ3) is 4.63. The number of carbonyl (C=O) groups excluding carboxylic acids is 1. The molecule has 5 heteroatoms. The van der Waals surface area contributed by atoms with Crippen LogP contribution in [-0.2, 0) is 17.6 Å². The lowest BCUT2D eigenvalue weighted by molar-refractivity contribution is -0.121. The molecule has 0 aliphatic carbocycles. The standard InChI is InChI=1S/C20H21NO3S/c22-19(10-7-14-5-8-16(9-6-14)20(23)24)21-13-18-17-4-2-1-3-15(17)11-12-25-18/h1-6,8-9,18H,7,10-13H2,(H,21,22)(H,23,24). The van der Waals surface area contributed by atoms with Crippen molar-refractivity contribution < 1.29 is 14.7 Å². The van der Waals surface area contributed by atoms with E-state index in [0.717, 1.165) is 17.7 Å². The molecule has 4 nitrogen and oxygen atoms in total. The predicted molar refractivity (Wildman–Crippen MR) is 100 cm³/mol. The van der Waals surface area contributed by atoms with Gasteiger partial charge in [-0.25, -0.2) is 4.79 Å². The number of aromatic carboxylic acids is 1. The Morgan fingerprint density at radius 2 is 1.88 bits per heavy atom. The highest BCUT2D eigenvalue weighted by Gasteiger charge is 2.20. The zero-order valence-electron chi connectivity index (χ0n) is 13.9. The first kappa shape index (κ1) is 17.5. The Labute approximate surface area is 151 Å². The Kier molecular flexibility index (Phi) is 5.76. The summed E-state index contributed by atoms with van der Waals surface area (Å²) in [7, 11) is 0. The number of fused-ring (bicyclic) bond motifs is 1. The second kappa shape index (κ2) is 8.21. The molecular formula is C20H21NO3S. The van der Waals surface area contributed by atoms with E-state index < -0.39 is 5.97 Å². The number of hydrogen-bond acceptors (Lipinski definition) is 3. The number of hydrogen-bond donors (Lipinski definition) is 2. The van der Waals surface area contributed by atoms with Crippen LogP contribution in [0.15, 0.2) is 48.5 Å². The smallest absolute Gasteiger partial charge is 0.335 e. The second-order valence-corrected chi connectivity index (χ2v) is 7.43. The van der Waals surface area contributed by atoms with E-state index in [-0.39, 0.29) is 11.5 Å². The number of thioether (sulfide) groups is 1. The number of carboxylic acids is 1. The minimum atomic E-state index is -0.936. The monoisotopic (exact) mass is 355 g/mol. The highest BCUT2D eigenvalue weighted by atomic mass is 32.2. The lowest BCUT2D eigenvalue weighted by Crippen LogP contribution is -2.29. The van der Waals surface area contributed by atoms with E-state index in [0.29, 0.717) is 24.6 Å². The molecule has 2 aromatic carbocycles. The van der Waals surface area contributed by atoms with Gasteiger partial charge in [-0.2, -0.15) is 11.8 Å². The largest absolute Gasteiger partial charge is 0.478 e. The molecule has 1 aliphatic heterocycles. The van der Waals surface area contributed by atoms with Crippen LogP contribution in [0, 0.1) is 0 Å². The van der Waals surface area contributed by atoms with Gasteiger partial charge >= 0.3 is 5.97 Å². The van der Waals surface area contributed by atoms with E-state index in [1.165, 1.54) is 11.1 Å². The topological polar surface area (TPSA) is 66.4 Å². The van der Waals surface area contributed by atoms with Crippen LogP contribution < -0.4 is 5.32 Å². The summed E-state index contributed by atoms with van der Waals surface area (Å²) in [5.41, 5.74) is 3.96. The molecule has 1 aliphatic rings. The molecule has 0 saturated heterocycles. The normalized spacial score (nSPS) is 16.1. The molecule has 1 heterocycles. The van der Waals surface area contributed by atoms with E-state index in [1.807, 2.05) is 11.8 Å². The summed E-state index contributed by atoms with van der Waals surface area (Å²) in [6.45, 7) is 0.651. The van der Waals surface area contributed by atoms with E-state index in [2.05, 4.69) is 29.6 Å². The van der Waals surface area contributed by atoms with Crippen LogP contribution in [0.25, 0.3) is 0 Å². The van der Waals surface area contributed by atoms with Crippen molar-refractivity contribution in [2.75, 3.05) is 12.3 Å². The average molecular weight is 355 g/mol. The van der Waals surface area contributed by atoms with Crippen LogP contribution in [0.2, 0.25) is 0 Å². The molecule has 0 aromatic heterocycles. The van der Waals surface area contributed by atoms with E-state index in [1.54, 1.807) is 24.3 Å². The van der Waals surface area contributed by atoms with Gasteiger partial charge in [0.15, 0.2) is 0 Å². The third-order valence-electron chi connectivity index (χ3n) is 4.42. The molecule has 0 radical (unpaired) electrons. The molecular weight excluding hydrogens is 334 g/mol. The van der Waals surface area contributed by atoms with E-state index in [4.69, 9.17) is 5.11 Å². The lowest BCUT2D eigenvalue weighted by Gasteiger charge is -2.25. The molecule has 1 unspecified atom stereocenters. The highest BCUT2D eigenvalue weighted by molar-refractivity contribution is 7.99. The SMILES string of the molecule is O=C(CCc1ccc(C(=O)O)cc1)NCC1SCCc2ccccc21. The van der Waals surface area contributed by atoms with Crippen molar-refractivity contribution in [3.63, 3.8) is 0 Å². The maximum atomic E-state index is 12.1. The van der Waals surface area contributed by atoms with Gasteiger partial charge in [-0.1, -0.05) is 36.4 Å². The Balaban J connectivity index is 1.48. The molecule has 130 valence electrons. The summed E-state index contributed by atoms with van der Waals surface area (Å²) in [5, 5.41) is 12.3. The maximum absolute atomic E-state index is 12.1. The average Bonchev–Trinajstić information content (AvgIpc) is 2.65. The van der Waals surface area contributed by atoms with Crippen molar-refractivity contribution in [2.24, 2.45) is 0 Å². The van der Waals surface area contributed by atoms with E-state index in [9.17, 15) is 9.59 Å². The van der Waals surface area contributed by atoms with Crippen molar-refractivity contribution in [3.05, 3.63) is 70.8 Å². The number of nitrogens with one attached hydrogen (secondary N) is 1. The van der Waals surface area contributed by atoms with Crippen LogP contribution in [0.5, 0.6) is 0 Å². The first-order valence-electron chi connectivity index (χ1n) is 8.42. The summed E-state index contributed by atoms with van der Waals surface area (Å²) in [6, 6.07) is 15.1. The van der Waals surface area contributed by atoms with Gasteiger partial charge in [0, 0.05) is 18.2 Å². The van der Waals surface area contributed by atoms with Crippen molar-refractivity contribution in [3.8, 4) is 0 Å². The minimum absolute atomic E-state index is 0.0333. The van der Waals surface area contributed by atoms with Crippen LogP contribution in [-0.4, -0.2) is 29.3 Å². The van der Waals surface area contributed by atoms with Gasteiger partial charge in [-0.05, 0) is 47.4 Å². The fourth-order valence-corrected chi connectivity index (χ4v) is 4.25. The Hall–Kier alpha value is -2.27. The molecule has 0 spiro atoms. The number of amides is 1. The molecule has 0 fully saturated rings. The number of carbonyl (C=O) groups is 2. The van der Waals surface area contributed by atoms with Gasteiger partial charge in [-0.3, -0.25) is 4.79 Å². The van der Waals surface area contributed by atoms with Crippen molar-refractivity contribution in [1.82, 2.24) is 5.32 Å². The molecule has 1 atom stereocenters. The number of benzene rings is 2. The third-order valence-corrected chi connectivity index (χ3v) is 5.68. The first-order chi connectivity index (χ1) is 12.1. The summed E-state index contributed by atoms with van der Waals surface area (Å²) in [4.78, 5) is 23.0. The maximum Gasteiger partial charge on any atom is 0.335 e. The number of carboxylic acid groups (broad SMARTS) is 1. The first-order valence-corrected chi connectivity index (χ1v) is 9.46. The molecule has 25 heavy (non-hydrogen) atoms. The molecule has 0 saturated carbocycles. The summed E-state index contributed by atoms with van der Waals surface area (Å²) >= 11 is 1.90. The molecule has 3 rings (SSSR count). The quantitative estimate of drug-likeness (QED) is 0.833. The lowest BCUT2D eigenvalue weighted by atomic mass is 10.0. The van der Waals surface area contributed by atoms with Gasteiger partial charge < -0.3 is 10.4 Å². The fourth-order valence-electron chi connectivity index (χ4n) is 3.01. The van der Waals surface area contributed by atoms with E-state index >= 15 is 0 Å². The molecule has 0 bridgehead atoms.